The highest BCUT2D eigenvalue weighted by molar-refractivity contribution is 4.92. The van der Waals surface area contributed by atoms with Crippen LogP contribution in [0.15, 0.2) is 6.20 Å². The fourth-order valence-electron chi connectivity index (χ4n) is 1.57. The minimum Gasteiger partial charge on any atom is -0.393 e. The van der Waals surface area contributed by atoms with Crippen molar-refractivity contribution in [1.29, 1.82) is 0 Å². The maximum atomic E-state index is 9.16. The number of hydrogen-bond donors (Lipinski definition) is 2. The van der Waals surface area contributed by atoms with E-state index in [9.17, 15) is 0 Å². The van der Waals surface area contributed by atoms with E-state index in [1.54, 1.807) is 11.6 Å². The van der Waals surface area contributed by atoms with Gasteiger partial charge in [-0.3, -0.25) is 4.68 Å². The van der Waals surface area contributed by atoms with Crippen LogP contribution in [-0.4, -0.2) is 32.7 Å². The van der Waals surface area contributed by atoms with Crippen LogP contribution in [0, 0.1) is 5.92 Å². The molecule has 5 heteroatoms. The Morgan fingerprint density at radius 2 is 2.44 bits per heavy atom. The van der Waals surface area contributed by atoms with Crippen molar-refractivity contribution in [3.63, 3.8) is 0 Å². The van der Waals surface area contributed by atoms with Gasteiger partial charge in [0, 0.05) is 19.3 Å². The minimum absolute atomic E-state index is 0.277. The van der Waals surface area contributed by atoms with Crippen LogP contribution in [0.2, 0.25) is 0 Å². The molecule has 1 aromatic heterocycles. The predicted octanol–water partition coefficient (Wildman–Crippen LogP) is 0.549. The lowest BCUT2D eigenvalue weighted by Crippen LogP contribution is -2.16. The van der Waals surface area contributed by atoms with E-state index >= 15 is 0 Å². The third kappa shape index (κ3) is 3.90. The second kappa shape index (κ2) is 5.41. The van der Waals surface area contributed by atoms with Gasteiger partial charge >= 0.3 is 0 Å². The zero-order chi connectivity index (χ0) is 11.4. The second-order valence-electron chi connectivity index (χ2n) is 4.68. The number of rotatable bonds is 7. The van der Waals surface area contributed by atoms with Crippen LogP contribution in [0.5, 0.6) is 0 Å². The van der Waals surface area contributed by atoms with Crippen LogP contribution >= 0.6 is 0 Å². The minimum atomic E-state index is -0.277. The monoisotopic (exact) mass is 224 g/mol. The lowest BCUT2D eigenvalue weighted by molar-refractivity contribution is 0.176. The van der Waals surface area contributed by atoms with E-state index in [0.717, 1.165) is 37.7 Å². The normalized spacial score (nSPS) is 17.6. The number of aryl methyl sites for hydroxylation is 1. The Morgan fingerprint density at radius 1 is 1.62 bits per heavy atom. The van der Waals surface area contributed by atoms with E-state index in [4.69, 9.17) is 5.11 Å². The second-order valence-corrected chi connectivity index (χ2v) is 4.68. The van der Waals surface area contributed by atoms with E-state index in [1.807, 2.05) is 6.20 Å². The lowest BCUT2D eigenvalue weighted by Gasteiger charge is -2.02. The maximum Gasteiger partial charge on any atom is 0.0964 e. The van der Waals surface area contributed by atoms with Gasteiger partial charge < -0.3 is 10.4 Å². The largest absolute Gasteiger partial charge is 0.393 e. The fraction of sp³-hybridized carbons (Fsp3) is 0.818. The number of nitrogens with one attached hydrogen (secondary N) is 1. The molecule has 2 rings (SSSR count). The van der Waals surface area contributed by atoms with Gasteiger partial charge in [-0.15, -0.1) is 5.10 Å². The summed E-state index contributed by atoms with van der Waals surface area (Å²) in [4.78, 5) is 0. The molecule has 1 aliphatic carbocycles. The zero-order valence-electron chi connectivity index (χ0n) is 9.76. The van der Waals surface area contributed by atoms with Crippen LogP contribution in [0.4, 0.5) is 0 Å². The summed E-state index contributed by atoms with van der Waals surface area (Å²) >= 11 is 0. The number of aliphatic hydroxyl groups is 1. The molecule has 90 valence electrons. The molecule has 1 aromatic rings. The molecule has 2 N–H and O–H groups in total. The molecule has 0 amide bonds. The summed E-state index contributed by atoms with van der Waals surface area (Å²) in [6.45, 7) is 4.41. The molecular weight excluding hydrogens is 204 g/mol. The molecule has 0 aromatic carbocycles. The molecule has 16 heavy (non-hydrogen) atoms. The zero-order valence-corrected chi connectivity index (χ0v) is 9.76. The molecule has 1 aliphatic rings. The number of aliphatic hydroxyl groups excluding tert-OH is 1. The third-order valence-electron chi connectivity index (χ3n) is 2.80. The lowest BCUT2D eigenvalue weighted by atomic mass is 10.3. The predicted molar refractivity (Wildman–Crippen MR) is 60.8 cm³/mol. The molecule has 0 radical (unpaired) electrons. The Morgan fingerprint density at radius 3 is 3.12 bits per heavy atom. The molecule has 5 nitrogen and oxygen atoms in total. The summed E-state index contributed by atoms with van der Waals surface area (Å²) in [6, 6.07) is 0. The number of nitrogens with zero attached hydrogens (tertiary/aromatic N) is 3. The molecule has 0 aliphatic heterocycles. The molecule has 0 bridgehead atoms. The molecular formula is C11H20N4O. The third-order valence-corrected chi connectivity index (χ3v) is 2.80. The van der Waals surface area contributed by atoms with Crippen molar-refractivity contribution in [3.8, 4) is 0 Å². The number of aromatic nitrogens is 3. The average Bonchev–Trinajstić information content (AvgIpc) is 2.94. The highest BCUT2D eigenvalue weighted by atomic mass is 16.3. The molecule has 0 spiro atoms. The summed E-state index contributed by atoms with van der Waals surface area (Å²) in [5, 5.41) is 20.6. The first-order valence-electron chi connectivity index (χ1n) is 6.02. The van der Waals surface area contributed by atoms with Crippen LogP contribution in [0.1, 0.15) is 31.9 Å². The quantitative estimate of drug-likeness (QED) is 0.710. The first-order chi connectivity index (χ1) is 7.74. The Balaban J connectivity index is 1.68. The van der Waals surface area contributed by atoms with Crippen molar-refractivity contribution >= 4 is 0 Å². The standard InChI is InChI=1S/C11H20N4O/c1-9(16)4-5-15-8-11(13-14-15)7-12-6-10-2-3-10/h8-10,12,16H,2-7H2,1H3. The van der Waals surface area contributed by atoms with Gasteiger partial charge in [-0.1, -0.05) is 5.21 Å². The maximum absolute atomic E-state index is 9.16. The van der Waals surface area contributed by atoms with Crippen LogP contribution in [-0.2, 0) is 13.1 Å². The van der Waals surface area contributed by atoms with E-state index < -0.39 is 0 Å². The van der Waals surface area contributed by atoms with E-state index in [0.29, 0.717) is 0 Å². The van der Waals surface area contributed by atoms with Crippen molar-refractivity contribution in [2.45, 2.75) is 45.4 Å². The van der Waals surface area contributed by atoms with Crippen LogP contribution in [0.25, 0.3) is 0 Å². The summed E-state index contributed by atoms with van der Waals surface area (Å²) in [5.74, 6) is 0.894. The topological polar surface area (TPSA) is 63.0 Å². The summed E-state index contributed by atoms with van der Waals surface area (Å²) < 4.78 is 1.79. The fourth-order valence-corrected chi connectivity index (χ4v) is 1.57. The smallest absolute Gasteiger partial charge is 0.0964 e. The average molecular weight is 224 g/mol. The Kier molecular flexibility index (Phi) is 3.90. The van der Waals surface area contributed by atoms with E-state index in [-0.39, 0.29) is 6.10 Å². The Labute approximate surface area is 95.8 Å². The molecule has 0 saturated heterocycles. The van der Waals surface area contributed by atoms with Gasteiger partial charge in [-0.25, -0.2) is 0 Å². The SMILES string of the molecule is CC(O)CCn1cc(CNCC2CC2)nn1. The highest BCUT2D eigenvalue weighted by Gasteiger charge is 2.20. The summed E-state index contributed by atoms with van der Waals surface area (Å²) in [5.41, 5.74) is 0.978. The van der Waals surface area contributed by atoms with Gasteiger partial charge in [-0.2, -0.15) is 0 Å². The van der Waals surface area contributed by atoms with Crippen molar-refractivity contribution in [1.82, 2.24) is 20.3 Å². The molecule has 1 heterocycles. The van der Waals surface area contributed by atoms with Crippen molar-refractivity contribution < 1.29 is 5.11 Å². The van der Waals surface area contributed by atoms with E-state index in [1.165, 1.54) is 12.8 Å². The Hall–Kier alpha value is -0.940. The van der Waals surface area contributed by atoms with E-state index in [2.05, 4.69) is 15.6 Å². The van der Waals surface area contributed by atoms with Crippen molar-refractivity contribution in [3.05, 3.63) is 11.9 Å². The number of hydrogen-bond acceptors (Lipinski definition) is 4. The molecule has 1 fully saturated rings. The highest BCUT2D eigenvalue weighted by Crippen LogP contribution is 2.27. The molecule has 1 saturated carbocycles. The van der Waals surface area contributed by atoms with Gasteiger partial charge in [0.2, 0.25) is 0 Å². The molecule has 1 unspecified atom stereocenters. The molecule has 1 atom stereocenters. The summed E-state index contributed by atoms with van der Waals surface area (Å²) in [7, 11) is 0. The first kappa shape index (κ1) is 11.5. The van der Waals surface area contributed by atoms with Crippen LogP contribution < -0.4 is 5.32 Å². The van der Waals surface area contributed by atoms with Gasteiger partial charge in [0.05, 0.1) is 11.8 Å². The van der Waals surface area contributed by atoms with Crippen molar-refractivity contribution in [2.24, 2.45) is 5.92 Å². The van der Waals surface area contributed by atoms with Crippen molar-refractivity contribution in [2.75, 3.05) is 6.54 Å². The van der Waals surface area contributed by atoms with Gasteiger partial charge in [-0.05, 0) is 38.6 Å². The van der Waals surface area contributed by atoms with Crippen LogP contribution in [0.3, 0.4) is 0 Å². The van der Waals surface area contributed by atoms with Gasteiger partial charge in [0.25, 0.3) is 0 Å². The van der Waals surface area contributed by atoms with Gasteiger partial charge in [0.15, 0.2) is 0 Å². The first-order valence-corrected chi connectivity index (χ1v) is 6.02. The summed E-state index contributed by atoms with van der Waals surface area (Å²) in [6.07, 6.45) is 5.13. The van der Waals surface area contributed by atoms with Gasteiger partial charge in [0.1, 0.15) is 0 Å². The Bertz CT molecular complexity index is 320.